The van der Waals surface area contributed by atoms with Gasteiger partial charge < -0.3 is 9.64 Å². The normalized spacial score (nSPS) is 19.4. The number of nitriles is 1. The molecule has 0 saturated carbocycles. The van der Waals surface area contributed by atoms with Gasteiger partial charge in [0.2, 0.25) is 5.90 Å². The Kier molecular flexibility index (Phi) is 4.70. The van der Waals surface area contributed by atoms with Gasteiger partial charge in [-0.15, -0.1) is 0 Å². The van der Waals surface area contributed by atoms with Crippen LogP contribution in [0.2, 0.25) is 0 Å². The monoisotopic (exact) mass is 275 g/mol. The number of nitrogens with zero attached hydrogens (tertiary/aromatic N) is 3. The Hall–Kier alpha value is -1.93. The van der Waals surface area contributed by atoms with E-state index in [9.17, 15) is 9.65 Å². The summed E-state index contributed by atoms with van der Waals surface area (Å²) in [6, 6.07) is 8.20. The number of aliphatic imine (C=N–C) groups is 1. The summed E-state index contributed by atoms with van der Waals surface area (Å²) in [5, 5.41) is 9.25. The molecule has 1 aliphatic rings. The summed E-state index contributed by atoms with van der Waals surface area (Å²) in [4.78, 5) is 6.51. The molecule has 4 nitrogen and oxygen atoms in total. The first-order valence-corrected chi connectivity index (χ1v) is 6.61. The Bertz CT molecular complexity index is 519. The summed E-state index contributed by atoms with van der Waals surface area (Å²) >= 11 is 0. The van der Waals surface area contributed by atoms with Crippen molar-refractivity contribution in [3.8, 4) is 6.07 Å². The van der Waals surface area contributed by atoms with Crippen LogP contribution in [-0.2, 0) is 4.74 Å². The van der Waals surface area contributed by atoms with E-state index >= 15 is 0 Å². The number of hydrogen-bond donors (Lipinski definition) is 0. The third-order valence-electron chi connectivity index (χ3n) is 3.28. The van der Waals surface area contributed by atoms with E-state index in [0.29, 0.717) is 12.5 Å². The smallest absolute Gasteiger partial charge is 0.216 e. The standard InChI is InChI=1S/C15H18FN3O/c1-19(2)8-7-12(9-17)14-10-20-15(18-14)11-3-5-13(16)6-4-11/h3-6,12,14H,7-8,10H2,1-2H3. The van der Waals surface area contributed by atoms with E-state index in [-0.39, 0.29) is 17.8 Å². The van der Waals surface area contributed by atoms with Crippen molar-refractivity contribution in [3.05, 3.63) is 35.6 Å². The van der Waals surface area contributed by atoms with Crippen LogP contribution in [0.4, 0.5) is 4.39 Å². The van der Waals surface area contributed by atoms with Crippen molar-refractivity contribution in [3.63, 3.8) is 0 Å². The number of halogens is 1. The second kappa shape index (κ2) is 6.49. The van der Waals surface area contributed by atoms with Crippen LogP contribution in [0.15, 0.2) is 29.3 Å². The topological polar surface area (TPSA) is 48.6 Å². The fraction of sp³-hybridized carbons (Fsp3) is 0.467. The van der Waals surface area contributed by atoms with Gasteiger partial charge in [-0.25, -0.2) is 9.38 Å². The van der Waals surface area contributed by atoms with Gasteiger partial charge in [0.25, 0.3) is 0 Å². The SMILES string of the molecule is CN(C)CCC(C#N)C1COC(c2ccc(F)cc2)=N1. The average Bonchev–Trinajstić information content (AvgIpc) is 2.89. The number of rotatable bonds is 5. The highest BCUT2D eigenvalue weighted by Crippen LogP contribution is 2.20. The molecule has 106 valence electrons. The quantitative estimate of drug-likeness (QED) is 0.826. The predicted molar refractivity (Wildman–Crippen MR) is 75.0 cm³/mol. The van der Waals surface area contributed by atoms with E-state index in [2.05, 4.69) is 11.1 Å². The van der Waals surface area contributed by atoms with Gasteiger partial charge in [-0.2, -0.15) is 5.26 Å². The molecule has 20 heavy (non-hydrogen) atoms. The van der Waals surface area contributed by atoms with Gasteiger partial charge in [-0.3, -0.25) is 0 Å². The molecule has 2 rings (SSSR count). The maximum atomic E-state index is 12.9. The van der Waals surface area contributed by atoms with Crippen LogP contribution < -0.4 is 0 Å². The maximum absolute atomic E-state index is 12.9. The Morgan fingerprint density at radius 2 is 2.15 bits per heavy atom. The lowest BCUT2D eigenvalue weighted by Gasteiger charge is -2.15. The molecular formula is C15H18FN3O. The van der Waals surface area contributed by atoms with Gasteiger partial charge in [0.1, 0.15) is 18.5 Å². The molecule has 0 fully saturated rings. The summed E-state index contributed by atoms with van der Waals surface area (Å²) < 4.78 is 18.4. The van der Waals surface area contributed by atoms with Crippen molar-refractivity contribution in [2.75, 3.05) is 27.2 Å². The molecule has 1 aliphatic heterocycles. The van der Waals surface area contributed by atoms with Crippen molar-refractivity contribution >= 4 is 5.90 Å². The van der Waals surface area contributed by atoms with Crippen LogP contribution >= 0.6 is 0 Å². The van der Waals surface area contributed by atoms with Crippen molar-refractivity contribution in [1.29, 1.82) is 5.26 Å². The van der Waals surface area contributed by atoms with Crippen LogP contribution in [-0.4, -0.2) is 44.1 Å². The van der Waals surface area contributed by atoms with Gasteiger partial charge in [0.05, 0.1) is 12.0 Å². The third-order valence-corrected chi connectivity index (χ3v) is 3.28. The van der Waals surface area contributed by atoms with Gasteiger partial charge in [0.15, 0.2) is 0 Å². The minimum atomic E-state index is -0.287. The number of ether oxygens (including phenoxy) is 1. The summed E-state index contributed by atoms with van der Waals surface area (Å²) in [6.07, 6.45) is 0.762. The Morgan fingerprint density at radius 3 is 2.75 bits per heavy atom. The van der Waals surface area contributed by atoms with Crippen LogP contribution in [0.5, 0.6) is 0 Å². The highest BCUT2D eigenvalue weighted by molar-refractivity contribution is 5.95. The molecule has 0 spiro atoms. The second-order valence-electron chi connectivity index (χ2n) is 5.15. The minimum Gasteiger partial charge on any atom is -0.475 e. The minimum absolute atomic E-state index is 0.139. The molecule has 0 radical (unpaired) electrons. The van der Waals surface area contributed by atoms with Gasteiger partial charge in [-0.1, -0.05) is 0 Å². The molecule has 1 aromatic rings. The van der Waals surface area contributed by atoms with Crippen LogP contribution in [0, 0.1) is 23.1 Å². The first kappa shape index (κ1) is 14.5. The molecule has 2 atom stereocenters. The molecule has 1 aromatic carbocycles. The maximum Gasteiger partial charge on any atom is 0.216 e. The highest BCUT2D eigenvalue weighted by Gasteiger charge is 2.28. The van der Waals surface area contributed by atoms with E-state index in [1.165, 1.54) is 12.1 Å². The lowest BCUT2D eigenvalue weighted by molar-refractivity contribution is 0.280. The van der Waals surface area contributed by atoms with Crippen molar-refractivity contribution in [2.45, 2.75) is 12.5 Å². The summed E-state index contributed by atoms with van der Waals surface area (Å²) in [5.41, 5.74) is 0.748. The lowest BCUT2D eigenvalue weighted by atomic mass is 9.99. The lowest BCUT2D eigenvalue weighted by Crippen LogP contribution is -2.24. The van der Waals surface area contributed by atoms with Crippen molar-refractivity contribution < 1.29 is 9.13 Å². The summed E-state index contributed by atoms with van der Waals surface area (Å²) in [6.45, 7) is 1.26. The molecule has 0 saturated heterocycles. The van der Waals surface area contributed by atoms with Crippen LogP contribution in [0.1, 0.15) is 12.0 Å². The zero-order valence-corrected chi connectivity index (χ0v) is 11.7. The first-order chi connectivity index (χ1) is 9.60. The largest absolute Gasteiger partial charge is 0.475 e. The van der Waals surface area contributed by atoms with E-state index in [0.717, 1.165) is 18.5 Å². The molecule has 2 unspecified atom stereocenters. The predicted octanol–water partition coefficient (Wildman–Crippen LogP) is 2.06. The Morgan fingerprint density at radius 1 is 1.45 bits per heavy atom. The van der Waals surface area contributed by atoms with E-state index in [4.69, 9.17) is 4.74 Å². The van der Waals surface area contributed by atoms with Gasteiger partial charge in [0, 0.05) is 5.56 Å². The molecule has 0 aromatic heterocycles. The van der Waals surface area contributed by atoms with E-state index in [1.807, 2.05) is 19.0 Å². The van der Waals surface area contributed by atoms with Gasteiger partial charge in [-0.05, 0) is 51.3 Å². The molecule has 5 heteroatoms. The van der Waals surface area contributed by atoms with Crippen LogP contribution in [0.3, 0.4) is 0 Å². The second-order valence-corrected chi connectivity index (χ2v) is 5.15. The highest BCUT2D eigenvalue weighted by atomic mass is 19.1. The van der Waals surface area contributed by atoms with Crippen molar-refractivity contribution in [2.24, 2.45) is 10.9 Å². The molecule has 0 N–H and O–H groups in total. The van der Waals surface area contributed by atoms with Gasteiger partial charge >= 0.3 is 0 Å². The molecule has 1 heterocycles. The average molecular weight is 275 g/mol. The third kappa shape index (κ3) is 3.55. The van der Waals surface area contributed by atoms with E-state index in [1.54, 1.807) is 12.1 Å². The summed E-state index contributed by atoms with van der Waals surface area (Å²) in [7, 11) is 3.96. The first-order valence-electron chi connectivity index (χ1n) is 6.61. The van der Waals surface area contributed by atoms with Crippen LogP contribution in [0.25, 0.3) is 0 Å². The number of hydrogen-bond acceptors (Lipinski definition) is 4. The van der Waals surface area contributed by atoms with E-state index < -0.39 is 0 Å². The Labute approximate surface area is 118 Å². The van der Waals surface area contributed by atoms with Crippen molar-refractivity contribution in [1.82, 2.24) is 4.90 Å². The fourth-order valence-electron chi connectivity index (χ4n) is 2.09. The zero-order chi connectivity index (χ0) is 14.5. The number of benzene rings is 1. The molecule has 0 amide bonds. The summed E-state index contributed by atoms with van der Waals surface area (Å²) in [5.74, 6) is 0.0558. The Balaban J connectivity index is 2.05. The molecule has 0 aliphatic carbocycles. The molecular weight excluding hydrogens is 257 g/mol. The fourth-order valence-corrected chi connectivity index (χ4v) is 2.09. The zero-order valence-electron chi connectivity index (χ0n) is 11.7. The molecule has 0 bridgehead atoms.